The van der Waals surface area contributed by atoms with Crippen molar-refractivity contribution in [3.8, 4) is 11.1 Å². The maximum absolute atomic E-state index is 12.5. The first-order valence-electron chi connectivity index (χ1n) is 8.95. The van der Waals surface area contributed by atoms with Crippen molar-refractivity contribution in [3.63, 3.8) is 0 Å². The molecule has 0 aromatic heterocycles. The number of carbonyl (C=O) groups is 1. The molecule has 1 amide bonds. The summed E-state index contributed by atoms with van der Waals surface area (Å²) in [6, 6.07) is 16.7. The van der Waals surface area contributed by atoms with E-state index in [2.05, 4.69) is 24.3 Å². The van der Waals surface area contributed by atoms with Gasteiger partial charge >= 0.3 is 6.09 Å². The van der Waals surface area contributed by atoms with Gasteiger partial charge in [0.2, 0.25) is 0 Å². The predicted molar refractivity (Wildman–Crippen MR) is 96.5 cm³/mol. The molecule has 130 valence electrons. The first kappa shape index (κ1) is 16.2. The van der Waals surface area contributed by atoms with E-state index in [0.29, 0.717) is 13.2 Å². The first-order valence-corrected chi connectivity index (χ1v) is 8.95. The highest BCUT2D eigenvalue weighted by atomic mass is 16.6. The Morgan fingerprint density at radius 1 is 1.08 bits per heavy atom. The quantitative estimate of drug-likeness (QED) is 0.907. The summed E-state index contributed by atoms with van der Waals surface area (Å²) in [5.74, 6) is 0.0707. The molecule has 1 aliphatic carbocycles. The van der Waals surface area contributed by atoms with Crippen molar-refractivity contribution < 1.29 is 14.6 Å². The number of aliphatic hydroxyl groups is 1. The molecule has 1 heterocycles. The Kier molecular flexibility index (Phi) is 4.22. The van der Waals surface area contributed by atoms with Crippen molar-refractivity contribution in [2.75, 3.05) is 13.2 Å². The fourth-order valence-corrected chi connectivity index (χ4v) is 4.02. The minimum atomic E-state index is -0.448. The highest BCUT2D eigenvalue weighted by Gasteiger charge is 2.32. The molecule has 1 aliphatic heterocycles. The summed E-state index contributed by atoms with van der Waals surface area (Å²) in [5, 5.41) is 9.84. The lowest BCUT2D eigenvalue weighted by Crippen LogP contribution is -2.47. The maximum atomic E-state index is 12.5. The van der Waals surface area contributed by atoms with Gasteiger partial charge in [-0.15, -0.1) is 0 Å². The number of piperidine rings is 1. The number of benzene rings is 2. The van der Waals surface area contributed by atoms with Gasteiger partial charge in [0.05, 0.1) is 12.6 Å². The monoisotopic (exact) mass is 337 g/mol. The lowest BCUT2D eigenvalue weighted by atomic mass is 9.98. The van der Waals surface area contributed by atoms with Crippen LogP contribution in [0.2, 0.25) is 0 Å². The largest absolute Gasteiger partial charge is 0.448 e. The molecular weight excluding hydrogens is 314 g/mol. The molecule has 4 rings (SSSR count). The molecular formula is C21H23NO3. The summed E-state index contributed by atoms with van der Waals surface area (Å²) in [6.07, 6.45) is 0.782. The Morgan fingerprint density at radius 3 is 2.32 bits per heavy atom. The van der Waals surface area contributed by atoms with E-state index < -0.39 is 6.10 Å². The van der Waals surface area contributed by atoms with Gasteiger partial charge in [0, 0.05) is 12.0 Å². The molecule has 2 aliphatic rings. The minimum absolute atomic E-state index is 0.0707. The molecule has 0 saturated carbocycles. The molecule has 1 fully saturated rings. The second-order valence-electron chi connectivity index (χ2n) is 7.04. The number of fused-ring (bicyclic) bond motifs is 3. The zero-order valence-electron chi connectivity index (χ0n) is 14.4. The summed E-state index contributed by atoms with van der Waals surface area (Å²) in [5.41, 5.74) is 4.87. The Labute approximate surface area is 148 Å². The maximum Gasteiger partial charge on any atom is 0.410 e. The highest BCUT2D eigenvalue weighted by Crippen LogP contribution is 2.44. The molecule has 2 atom stereocenters. The summed E-state index contributed by atoms with van der Waals surface area (Å²) in [6.45, 7) is 2.69. The molecule has 0 bridgehead atoms. The highest BCUT2D eigenvalue weighted by molar-refractivity contribution is 5.79. The average molecular weight is 337 g/mol. The number of amides is 1. The number of carbonyl (C=O) groups excluding carboxylic acids is 1. The smallest absolute Gasteiger partial charge is 0.410 e. The number of β-amino-alcohol motifs (C(OH)–C–C–N with tert-alkyl or cyclic N) is 1. The van der Waals surface area contributed by atoms with Crippen molar-refractivity contribution in [2.45, 2.75) is 37.8 Å². The van der Waals surface area contributed by atoms with Gasteiger partial charge in [-0.25, -0.2) is 4.79 Å². The van der Waals surface area contributed by atoms with Crippen LogP contribution in [-0.4, -0.2) is 41.4 Å². The second-order valence-corrected chi connectivity index (χ2v) is 7.04. The van der Waals surface area contributed by atoms with E-state index in [1.165, 1.54) is 22.3 Å². The second kappa shape index (κ2) is 6.52. The molecule has 0 unspecified atom stereocenters. The van der Waals surface area contributed by atoms with Gasteiger partial charge in [-0.1, -0.05) is 48.5 Å². The zero-order chi connectivity index (χ0) is 17.4. The van der Waals surface area contributed by atoms with Crippen molar-refractivity contribution in [1.82, 2.24) is 4.90 Å². The SMILES string of the molecule is C[C@@H]1CC[C@H](O)CN1C(=O)OCC1c2ccccc2-c2ccccc21. The van der Waals surface area contributed by atoms with Crippen LogP contribution in [0.5, 0.6) is 0 Å². The van der Waals surface area contributed by atoms with E-state index >= 15 is 0 Å². The van der Waals surface area contributed by atoms with Crippen LogP contribution in [0.25, 0.3) is 11.1 Å². The van der Waals surface area contributed by atoms with Crippen molar-refractivity contribution in [1.29, 1.82) is 0 Å². The fourth-order valence-electron chi connectivity index (χ4n) is 4.02. The van der Waals surface area contributed by atoms with E-state index in [4.69, 9.17) is 4.74 Å². The third kappa shape index (κ3) is 2.91. The molecule has 1 N–H and O–H groups in total. The third-order valence-corrected chi connectivity index (χ3v) is 5.43. The van der Waals surface area contributed by atoms with E-state index in [9.17, 15) is 9.90 Å². The van der Waals surface area contributed by atoms with Crippen LogP contribution < -0.4 is 0 Å². The zero-order valence-corrected chi connectivity index (χ0v) is 14.4. The summed E-state index contributed by atoms with van der Waals surface area (Å²) in [4.78, 5) is 14.2. The van der Waals surface area contributed by atoms with E-state index in [0.717, 1.165) is 12.8 Å². The number of ether oxygens (including phenoxy) is 1. The molecule has 4 nitrogen and oxygen atoms in total. The summed E-state index contributed by atoms with van der Waals surface area (Å²) < 4.78 is 5.67. The molecule has 0 spiro atoms. The van der Waals surface area contributed by atoms with Crippen LogP contribution in [0.15, 0.2) is 48.5 Å². The Hall–Kier alpha value is -2.33. The van der Waals surface area contributed by atoms with Gasteiger partial charge in [0.25, 0.3) is 0 Å². The van der Waals surface area contributed by atoms with Crippen LogP contribution in [0.1, 0.15) is 36.8 Å². The molecule has 1 saturated heterocycles. The van der Waals surface area contributed by atoms with E-state index in [1.54, 1.807) is 4.90 Å². The van der Waals surface area contributed by atoms with Crippen molar-refractivity contribution in [3.05, 3.63) is 59.7 Å². The number of nitrogens with zero attached hydrogens (tertiary/aromatic N) is 1. The van der Waals surface area contributed by atoms with E-state index in [-0.39, 0.29) is 18.1 Å². The van der Waals surface area contributed by atoms with Gasteiger partial charge in [-0.2, -0.15) is 0 Å². The van der Waals surface area contributed by atoms with Crippen LogP contribution in [0, 0.1) is 0 Å². The normalized spacial score (nSPS) is 22.4. The van der Waals surface area contributed by atoms with Crippen LogP contribution in [0.4, 0.5) is 4.79 Å². The van der Waals surface area contributed by atoms with Crippen LogP contribution >= 0.6 is 0 Å². The topological polar surface area (TPSA) is 49.8 Å². The number of aliphatic hydroxyl groups excluding tert-OH is 1. The molecule has 2 aromatic carbocycles. The summed E-state index contributed by atoms with van der Waals surface area (Å²) in [7, 11) is 0. The number of hydrogen-bond acceptors (Lipinski definition) is 3. The summed E-state index contributed by atoms with van der Waals surface area (Å²) >= 11 is 0. The van der Waals surface area contributed by atoms with Gasteiger partial charge in [-0.05, 0) is 42.0 Å². The number of rotatable bonds is 2. The Morgan fingerprint density at radius 2 is 1.68 bits per heavy atom. The van der Waals surface area contributed by atoms with Gasteiger partial charge in [0.1, 0.15) is 6.61 Å². The van der Waals surface area contributed by atoms with E-state index in [1.807, 2.05) is 31.2 Å². The van der Waals surface area contributed by atoms with Gasteiger partial charge in [0.15, 0.2) is 0 Å². The minimum Gasteiger partial charge on any atom is -0.448 e. The predicted octanol–water partition coefficient (Wildman–Crippen LogP) is 3.78. The Balaban J connectivity index is 1.52. The van der Waals surface area contributed by atoms with Gasteiger partial charge < -0.3 is 14.7 Å². The molecule has 4 heteroatoms. The molecule has 25 heavy (non-hydrogen) atoms. The third-order valence-electron chi connectivity index (χ3n) is 5.43. The van der Waals surface area contributed by atoms with Crippen molar-refractivity contribution in [2.24, 2.45) is 0 Å². The lowest BCUT2D eigenvalue weighted by Gasteiger charge is -2.35. The number of hydrogen-bond donors (Lipinski definition) is 1. The van der Waals surface area contributed by atoms with Gasteiger partial charge in [-0.3, -0.25) is 0 Å². The fraction of sp³-hybridized carbons (Fsp3) is 0.381. The molecule has 2 aromatic rings. The Bertz CT molecular complexity index is 743. The lowest BCUT2D eigenvalue weighted by molar-refractivity contribution is 0.0266. The van der Waals surface area contributed by atoms with Crippen molar-refractivity contribution >= 4 is 6.09 Å². The first-order chi connectivity index (χ1) is 12.1. The average Bonchev–Trinajstić information content (AvgIpc) is 2.96. The van der Waals surface area contributed by atoms with Crippen LogP contribution in [-0.2, 0) is 4.74 Å². The van der Waals surface area contributed by atoms with Crippen LogP contribution in [0.3, 0.4) is 0 Å². The standard InChI is InChI=1S/C21H23NO3/c1-14-10-11-15(23)12-22(14)21(24)25-13-20-18-8-4-2-6-16(18)17-7-3-5-9-19(17)20/h2-9,14-15,20,23H,10-13H2,1H3/t14-,15+/m1/s1. The molecule has 0 radical (unpaired) electrons. The number of likely N-dealkylation sites (tertiary alicyclic amines) is 1.